The summed E-state index contributed by atoms with van der Waals surface area (Å²) in [5.74, 6) is 2.16. The van der Waals surface area contributed by atoms with Crippen LogP contribution < -0.4 is 14.5 Å². The van der Waals surface area contributed by atoms with E-state index < -0.39 is 0 Å². The molecule has 2 aromatic rings. The Labute approximate surface area is 229 Å². The Kier molecular flexibility index (Phi) is 9.90. The van der Waals surface area contributed by atoms with Crippen LogP contribution in [0.1, 0.15) is 77.3 Å². The lowest BCUT2D eigenvalue weighted by Crippen LogP contribution is -2.21. The third kappa shape index (κ3) is 7.19. The number of halogens is 1. The van der Waals surface area contributed by atoms with Gasteiger partial charge in [0, 0.05) is 48.9 Å². The first-order valence-corrected chi connectivity index (χ1v) is 14.4. The lowest BCUT2D eigenvalue weighted by atomic mass is 10.0. The first kappa shape index (κ1) is 28.2. The van der Waals surface area contributed by atoms with Crippen molar-refractivity contribution in [3.05, 3.63) is 66.1 Å². The molecule has 0 spiro atoms. The van der Waals surface area contributed by atoms with Gasteiger partial charge in [-0.25, -0.2) is 4.39 Å². The number of hydrogen-bond acceptors (Lipinski definition) is 4. The molecule has 0 saturated carbocycles. The predicted molar refractivity (Wildman–Crippen MR) is 158 cm³/mol. The van der Waals surface area contributed by atoms with E-state index >= 15 is 0 Å². The molecule has 0 bridgehead atoms. The van der Waals surface area contributed by atoms with Crippen molar-refractivity contribution in [3.8, 4) is 5.75 Å². The average Bonchev–Trinajstić information content (AvgIpc) is 3.58. The van der Waals surface area contributed by atoms with Gasteiger partial charge >= 0.3 is 0 Å². The number of nitrogens with zero attached hydrogens (tertiary/aromatic N) is 2. The SMILES string of the molecule is C=C1c2ccc(OCC3CCCO3)cc2C=CN1c1ccc(N2CCC(C)C2)c(F)c1.CCCCC(C)C. The number of anilines is 2. The van der Waals surface area contributed by atoms with E-state index in [4.69, 9.17) is 9.47 Å². The van der Waals surface area contributed by atoms with E-state index in [1.54, 1.807) is 6.07 Å². The molecule has 5 rings (SSSR count). The Morgan fingerprint density at radius 2 is 2.00 bits per heavy atom. The van der Waals surface area contributed by atoms with Crippen LogP contribution in [-0.4, -0.2) is 32.4 Å². The molecular weight excluding hydrogens is 475 g/mol. The molecule has 2 fully saturated rings. The Morgan fingerprint density at radius 3 is 2.63 bits per heavy atom. The molecule has 3 aliphatic heterocycles. The van der Waals surface area contributed by atoms with Crippen molar-refractivity contribution in [1.29, 1.82) is 0 Å². The van der Waals surface area contributed by atoms with Crippen molar-refractivity contribution >= 4 is 23.1 Å². The molecule has 0 aliphatic carbocycles. The van der Waals surface area contributed by atoms with E-state index in [-0.39, 0.29) is 11.9 Å². The summed E-state index contributed by atoms with van der Waals surface area (Å²) in [6.07, 6.45) is 11.6. The van der Waals surface area contributed by atoms with E-state index in [0.717, 1.165) is 73.1 Å². The number of hydrogen-bond donors (Lipinski definition) is 0. The highest BCUT2D eigenvalue weighted by Crippen LogP contribution is 2.36. The van der Waals surface area contributed by atoms with Gasteiger partial charge in [0.2, 0.25) is 0 Å². The van der Waals surface area contributed by atoms with Gasteiger partial charge in [-0.05, 0) is 73.1 Å². The van der Waals surface area contributed by atoms with Crippen molar-refractivity contribution in [3.63, 3.8) is 0 Å². The monoisotopic (exact) mass is 520 g/mol. The standard InChI is InChI=1S/C26H29FN2O2.C7H16/c1-18-9-11-28(16-18)26-8-5-21(15-25(26)27)29-12-10-20-14-22(6-7-24(20)19(29)2)31-17-23-4-3-13-30-23;1-4-5-6-7(2)3/h5-8,10,12,14-15,18,23H,2-4,9,11,13,16-17H2,1H3;7H,4-6H2,1-3H3. The normalized spacial score (nSPS) is 20.5. The maximum Gasteiger partial charge on any atom is 0.148 e. The van der Waals surface area contributed by atoms with E-state index in [1.807, 2.05) is 47.5 Å². The summed E-state index contributed by atoms with van der Waals surface area (Å²) >= 11 is 0. The van der Waals surface area contributed by atoms with Crippen molar-refractivity contribution in [2.75, 3.05) is 36.1 Å². The second-order valence-electron chi connectivity index (χ2n) is 11.3. The van der Waals surface area contributed by atoms with Crippen LogP contribution in [0.5, 0.6) is 5.75 Å². The summed E-state index contributed by atoms with van der Waals surface area (Å²) in [6.45, 7) is 16.5. The van der Waals surface area contributed by atoms with Crippen LogP contribution >= 0.6 is 0 Å². The lowest BCUT2D eigenvalue weighted by Gasteiger charge is -2.29. The molecule has 4 nitrogen and oxygen atoms in total. The van der Waals surface area contributed by atoms with Crippen LogP contribution in [0.25, 0.3) is 11.8 Å². The second kappa shape index (κ2) is 13.3. The molecule has 2 atom stereocenters. The fourth-order valence-corrected chi connectivity index (χ4v) is 5.28. The highest BCUT2D eigenvalue weighted by atomic mass is 19.1. The Balaban J connectivity index is 0.000000426. The molecule has 0 aromatic heterocycles. The smallest absolute Gasteiger partial charge is 0.148 e. The van der Waals surface area contributed by atoms with E-state index in [0.29, 0.717) is 18.2 Å². The fourth-order valence-electron chi connectivity index (χ4n) is 5.28. The third-order valence-electron chi connectivity index (χ3n) is 7.60. The number of ether oxygens (including phenoxy) is 2. The summed E-state index contributed by atoms with van der Waals surface area (Å²) in [7, 11) is 0. The second-order valence-corrected chi connectivity index (χ2v) is 11.3. The van der Waals surface area contributed by atoms with Gasteiger partial charge in [0.1, 0.15) is 18.2 Å². The number of fused-ring (bicyclic) bond motifs is 1. The molecule has 206 valence electrons. The Bertz CT molecular complexity index is 1110. The van der Waals surface area contributed by atoms with Crippen LogP contribution in [0.15, 0.2) is 49.2 Å². The van der Waals surface area contributed by atoms with Crippen LogP contribution in [0.2, 0.25) is 0 Å². The maximum absolute atomic E-state index is 14.9. The number of benzene rings is 2. The summed E-state index contributed by atoms with van der Waals surface area (Å²) in [5.41, 5.74) is 4.36. The van der Waals surface area contributed by atoms with Crippen LogP contribution in [0.4, 0.5) is 15.8 Å². The predicted octanol–water partition coefficient (Wildman–Crippen LogP) is 8.52. The molecule has 3 aliphatic rings. The zero-order valence-corrected chi connectivity index (χ0v) is 23.7. The van der Waals surface area contributed by atoms with Crippen molar-refractivity contribution in [1.82, 2.24) is 0 Å². The van der Waals surface area contributed by atoms with Gasteiger partial charge in [-0.3, -0.25) is 0 Å². The molecule has 5 heteroatoms. The molecule has 0 amide bonds. The summed E-state index contributed by atoms with van der Waals surface area (Å²) in [6, 6.07) is 11.5. The van der Waals surface area contributed by atoms with Crippen LogP contribution in [0, 0.1) is 17.7 Å². The van der Waals surface area contributed by atoms with Gasteiger partial charge in [0.15, 0.2) is 0 Å². The van der Waals surface area contributed by atoms with Gasteiger partial charge in [-0.15, -0.1) is 0 Å². The summed E-state index contributed by atoms with van der Waals surface area (Å²) in [4.78, 5) is 4.08. The molecule has 2 unspecified atom stereocenters. The molecule has 3 heterocycles. The quantitative estimate of drug-likeness (QED) is 0.348. The summed E-state index contributed by atoms with van der Waals surface area (Å²) in [5, 5.41) is 0. The largest absolute Gasteiger partial charge is 0.491 e. The first-order chi connectivity index (χ1) is 18.4. The minimum Gasteiger partial charge on any atom is -0.491 e. The lowest BCUT2D eigenvalue weighted by molar-refractivity contribution is 0.0679. The van der Waals surface area contributed by atoms with Gasteiger partial charge in [-0.1, -0.05) is 53.5 Å². The van der Waals surface area contributed by atoms with Crippen molar-refractivity contribution in [2.45, 2.75) is 72.3 Å². The topological polar surface area (TPSA) is 24.9 Å². The van der Waals surface area contributed by atoms with E-state index in [9.17, 15) is 4.39 Å². The van der Waals surface area contributed by atoms with Gasteiger partial charge < -0.3 is 19.3 Å². The van der Waals surface area contributed by atoms with Gasteiger partial charge in [0.05, 0.1) is 11.8 Å². The highest BCUT2D eigenvalue weighted by Gasteiger charge is 2.23. The van der Waals surface area contributed by atoms with Gasteiger partial charge in [-0.2, -0.15) is 0 Å². The van der Waals surface area contributed by atoms with Crippen LogP contribution in [-0.2, 0) is 4.74 Å². The summed E-state index contributed by atoms with van der Waals surface area (Å²) < 4.78 is 26.5. The average molecular weight is 521 g/mol. The fraction of sp³-hybridized carbons (Fsp3) is 0.515. The third-order valence-corrected chi connectivity index (χ3v) is 7.60. The molecule has 2 aromatic carbocycles. The van der Waals surface area contributed by atoms with E-state index in [1.165, 1.54) is 19.3 Å². The number of rotatable bonds is 8. The molecule has 0 radical (unpaired) electrons. The zero-order valence-electron chi connectivity index (χ0n) is 23.7. The molecule has 38 heavy (non-hydrogen) atoms. The minimum atomic E-state index is -0.184. The number of unbranched alkanes of at least 4 members (excludes halogenated alkanes) is 1. The van der Waals surface area contributed by atoms with Crippen LogP contribution in [0.3, 0.4) is 0 Å². The van der Waals surface area contributed by atoms with Crippen molar-refractivity contribution in [2.24, 2.45) is 11.8 Å². The minimum absolute atomic E-state index is 0.184. The molecular formula is C33H45FN2O2. The molecule has 0 N–H and O–H groups in total. The Morgan fingerprint density at radius 1 is 1.16 bits per heavy atom. The highest BCUT2D eigenvalue weighted by molar-refractivity contribution is 5.89. The maximum atomic E-state index is 14.9. The van der Waals surface area contributed by atoms with Crippen molar-refractivity contribution < 1.29 is 13.9 Å². The Hall–Kier alpha value is -2.79. The van der Waals surface area contributed by atoms with E-state index in [2.05, 4.69) is 39.2 Å². The zero-order chi connectivity index (χ0) is 27.1. The molecule has 2 saturated heterocycles. The first-order valence-electron chi connectivity index (χ1n) is 14.4. The van der Waals surface area contributed by atoms with Gasteiger partial charge in [0.25, 0.3) is 0 Å².